The topological polar surface area (TPSA) is 58.2 Å². The van der Waals surface area contributed by atoms with E-state index in [0.29, 0.717) is 24.2 Å². The van der Waals surface area contributed by atoms with E-state index >= 15 is 0 Å². The van der Waals surface area contributed by atoms with Crippen LogP contribution >= 0.6 is 15.9 Å². The van der Waals surface area contributed by atoms with Crippen molar-refractivity contribution in [2.24, 2.45) is 5.41 Å². The molecule has 0 aromatic heterocycles. The molecule has 2 amide bonds. The van der Waals surface area contributed by atoms with Crippen LogP contribution in [-0.2, 0) is 9.59 Å². The van der Waals surface area contributed by atoms with E-state index < -0.39 is 17.1 Å². The van der Waals surface area contributed by atoms with Crippen molar-refractivity contribution in [2.45, 2.75) is 12.8 Å². The van der Waals surface area contributed by atoms with Crippen molar-refractivity contribution in [3.8, 4) is 0 Å². The Bertz CT molecular complexity index is 757. The van der Waals surface area contributed by atoms with E-state index in [9.17, 15) is 14.0 Å². The second-order valence-corrected chi connectivity index (χ2v) is 6.42. The fourth-order valence-electron chi connectivity index (χ4n) is 2.28. The van der Waals surface area contributed by atoms with E-state index in [1.165, 1.54) is 18.2 Å². The third kappa shape index (κ3) is 3.42. The molecule has 1 saturated carbocycles. The smallest absolute Gasteiger partial charge is 0.240 e. The van der Waals surface area contributed by atoms with Crippen molar-refractivity contribution in [1.29, 1.82) is 0 Å². The molecule has 3 rings (SSSR count). The van der Waals surface area contributed by atoms with Crippen molar-refractivity contribution in [3.63, 3.8) is 0 Å². The molecular formula is C17H14BrFN2O2. The Morgan fingerprint density at radius 3 is 2.13 bits per heavy atom. The van der Waals surface area contributed by atoms with Crippen LogP contribution in [0.1, 0.15) is 12.8 Å². The summed E-state index contributed by atoms with van der Waals surface area (Å²) in [7, 11) is 0. The Balaban J connectivity index is 1.69. The van der Waals surface area contributed by atoms with Crippen LogP contribution < -0.4 is 10.6 Å². The molecule has 0 atom stereocenters. The molecule has 2 aromatic carbocycles. The van der Waals surface area contributed by atoms with Gasteiger partial charge in [0.2, 0.25) is 11.8 Å². The van der Waals surface area contributed by atoms with Crippen molar-refractivity contribution in [2.75, 3.05) is 10.6 Å². The molecule has 1 fully saturated rings. The van der Waals surface area contributed by atoms with Crippen molar-refractivity contribution < 1.29 is 14.0 Å². The predicted molar refractivity (Wildman–Crippen MR) is 89.5 cm³/mol. The molecule has 0 spiro atoms. The highest BCUT2D eigenvalue weighted by atomic mass is 79.9. The number of carbonyl (C=O) groups is 2. The van der Waals surface area contributed by atoms with Gasteiger partial charge in [-0.05, 0) is 55.3 Å². The lowest BCUT2D eigenvalue weighted by molar-refractivity contribution is -0.131. The maximum atomic E-state index is 13.2. The van der Waals surface area contributed by atoms with E-state index in [0.717, 1.165) is 4.47 Å². The van der Waals surface area contributed by atoms with Gasteiger partial charge in [-0.15, -0.1) is 0 Å². The van der Waals surface area contributed by atoms with Crippen LogP contribution in [0.2, 0.25) is 0 Å². The zero-order valence-corrected chi connectivity index (χ0v) is 13.7. The highest BCUT2D eigenvalue weighted by Crippen LogP contribution is 2.47. The minimum absolute atomic E-state index is 0.339. The number of rotatable bonds is 4. The minimum atomic E-state index is -1.07. The Morgan fingerprint density at radius 2 is 1.57 bits per heavy atom. The number of halogens is 2. The monoisotopic (exact) mass is 376 g/mol. The van der Waals surface area contributed by atoms with Gasteiger partial charge < -0.3 is 10.6 Å². The number of carbonyl (C=O) groups excluding carboxylic acids is 2. The van der Waals surface area contributed by atoms with Crippen LogP contribution in [0.5, 0.6) is 0 Å². The maximum absolute atomic E-state index is 13.2. The van der Waals surface area contributed by atoms with E-state index in [1.54, 1.807) is 18.2 Å². The molecule has 0 heterocycles. The van der Waals surface area contributed by atoms with E-state index in [-0.39, 0.29) is 5.91 Å². The van der Waals surface area contributed by atoms with Gasteiger partial charge in [-0.25, -0.2) is 4.39 Å². The molecule has 2 aromatic rings. The third-order valence-corrected chi connectivity index (χ3v) is 4.33. The second-order valence-electron chi connectivity index (χ2n) is 5.51. The van der Waals surface area contributed by atoms with E-state index in [4.69, 9.17) is 0 Å². The Morgan fingerprint density at radius 1 is 0.957 bits per heavy atom. The molecule has 2 N–H and O–H groups in total. The fourth-order valence-corrected chi connectivity index (χ4v) is 2.55. The summed E-state index contributed by atoms with van der Waals surface area (Å²) in [5.74, 6) is -1.18. The lowest BCUT2D eigenvalue weighted by atomic mass is 10.0. The van der Waals surface area contributed by atoms with Crippen LogP contribution in [0.4, 0.5) is 15.8 Å². The van der Waals surface area contributed by atoms with Gasteiger partial charge in [-0.2, -0.15) is 0 Å². The fraction of sp³-hybridized carbons (Fsp3) is 0.176. The molecular weight excluding hydrogens is 363 g/mol. The summed E-state index contributed by atoms with van der Waals surface area (Å²) in [6.07, 6.45) is 0.965. The molecule has 23 heavy (non-hydrogen) atoms. The summed E-state index contributed by atoms with van der Waals surface area (Å²) in [5, 5.41) is 5.37. The number of hydrogen-bond acceptors (Lipinski definition) is 2. The molecule has 0 bridgehead atoms. The normalized spacial score (nSPS) is 14.9. The molecule has 0 saturated heterocycles. The van der Waals surface area contributed by atoms with E-state index in [2.05, 4.69) is 26.6 Å². The highest BCUT2D eigenvalue weighted by Gasteiger charge is 2.56. The van der Waals surface area contributed by atoms with Crippen LogP contribution in [-0.4, -0.2) is 11.8 Å². The lowest BCUT2D eigenvalue weighted by Crippen LogP contribution is -2.35. The average Bonchev–Trinajstić information content (AvgIpc) is 3.31. The molecule has 0 radical (unpaired) electrons. The summed E-state index contributed by atoms with van der Waals surface area (Å²) in [4.78, 5) is 24.8. The van der Waals surface area contributed by atoms with E-state index in [1.807, 2.05) is 12.1 Å². The van der Waals surface area contributed by atoms with Crippen molar-refractivity contribution >= 4 is 39.1 Å². The lowest BCUT2D eigenvalue weighted by Gasteiger charge is -2.15. The number of benzene rings is 2. The first-order valence-electron chi connectivity index (χ1n) is 7.14. The minimum Gasteiger partial charge on any atom is -0.325 e. The molecule has 0 unspecified atom stereocenters. The molecule has 4 nitrogen and oxygen atoms in total. The van der Waals surface area contributed by atoms with Gasteiger partial charge in [0, 0.05) is 15.8 Å². The van der Waals surface area contributed by atoms with Crippen molar-refractivity contribution in [1.82, 2.24) is 0 Å². The quantitative estimate of drug-likeness (QED) is 0.793. The molecule has 1 aliphatic carbocycles. The average molecular weight is 377 g/mol. The zero-order chi connectivity index (χ0) is 16.4. The zero-order valence-electron chi connectivity index (χ0n) is 12.1. The maximum Gasteiger partial charge on any atom is 0.240 e. The molecule has 1 aliphatic rings. The molecule has 0 aliphatic heterocycles. The van der Waals surface area contributed by atoms with Gasteiger partial charge in [0.15, 0.2) is 0 Å². The Kier molecular flexibility index (Phi) is 4.17. The molecule has 6 heteroatoms. The summed E-state index contributed by atoms with van der Waals surface area (Å²) >= 11 is 3.32. The standard InChI is InChI=1S/C17H14BrFN2O2/c18-11-4-6-13(7-5-11)20-15(22)17(8-9-17)16(23)21-14-3-1-2-12(19)10-14/h1-7,10H,8-9H2,(H,20,22)(H,21,23). The van der Waals surface area contributed by atoms with Gasteiger partial charge in [-0.3, -0.25) is 9.59 Å². The molecule has 118 valence electrons. The third-order valence-electron chi connectivity index (χ3n) is 3.80. The van der Waals surface area contributed by atoms with Gasteiger partial charge in [0.05, 0.1) is 0 Å². The first-order chi connectivity index (χ1) is 11.0. The van der Waals surface area contributed by atoms with Crippen LogP contribution in [0.25, 0.3) is 0 Å². The first kappa shape index (κ1) is 15.7. The van der Waals surface area contributed by atoms with Gasteiger partial charge in [-0.1, -0.05) is 22.0 Å². The second kappa shape index (κ2) is 6.12. The first-order valence-corrected chi connectivity index (χ1v) is 7.93. The predicted octanol–water partition coefficient (Wildman–Crippen LogP) is 3.95. The van der Waals surface area contributed by atoms with Crippen LogP contribution in [0, 0.1) is 11.2 Å². The van der Waals surface area contributed by atoms with Gasteiger partial charge in [0.25, 0.3) is 0 Å². The summed E-state index contributed by atoms with van der Waals surface area (Å²) in [6.45, 7) is 0. The Hall–Kier alpha value is -2.21. The van der Waals surface area contributed by atoms with Crippen LogP contribution in [0.15, 0.2) is 53.0 Å². The highest BCUT2D eigenvalue weighted by molar-refractivity contribution is 9.10. The summed E-state index contributed by atoms with van der Waals surface area (Å²) in [6, 6.07) is 12.7. The summed E-state index contributed by atoms with van der Waals surface area (Å²) in [5.41, 5.74) is -0.0971. The van der Waals surface area contributed by atoms with Gasteiger partial charge in [0.1, 0.15) is 11.2 Å². The summed E-state index contributed by atoms with van der Waals surface area (Å²) < 4.78 is 14.1. The van der Waals surface area contributed by atoms with Crippen molar-refractivity contribution in [3.05, 3.63) is 58.8 Å². The number of hydrogen-bond donors (Lipinski definition) is 2. The number of nitrogens with one attached hydrogen (secondary N) is 2. The number of anilines is 2. The number of amides is 2. The Labute approximate surface area is 141 Å². The van der Waals surface area contributed by atoms with Crippen LogP contribution in [0.3, 0.4) is 0 Å². The SMILES string of the molecule is O=C(Nc1ccc(Br)cc1)C1(C(=O)Nc2cccc(F)c2)CC1. The largest absolute Gasteiger partial charge is 0.325 e. The van der Waals surface area contributed by atoms with Gasteiger partial charge >= 0.3 is 0 Å².